The minimum atomic E-state index is -4.50. The van der Waals surface area contributed by atoms with Crippen molar-refractivity contribution in [2.45, 2.75) is 13.1 Å². The summed E-state index contributed by atoms with van der Waals surface area (Å²) < 4.78 is 38.7. The number of nitrogens with zero attached hydrogens (tertiary/aromatic N) is 1. The molecule has 1 rings (SSSR count). The van der Waals surface area contributed by atoms with E-state index >= 15 is 0 Å². The third-order valence-electron chi connectivity index (χ3n) is 3.18. The Morgan fingerprint density at radius 1 is 1.33 bits per heavy atom. The van der Waals surface area contributed by atoms with Gasteiger partial charge in [0.15, 0.2) is 0 Å². The molecule has 0 radical (unpaired) electrons. The van der Waals surface area contributed by atoms with Gasteiger partial charge in [-0.3, -0.25) is 4.79 Å². The molecule has 0 aliphatic heterocycles. The second-order valence-electron chi connectivity index (χ2n) is 4.66. The van der Waals surface area contributed by atoms with Crippen molar-refractivity contribution in [1.82, 2.24) is 10.2 Å². The van der Waals surface area contributed by atoms with Crippen LogP contribution in [0.2, 0.25) is 0 Å². The molecule has 118 valence electrons. The van der Waals surface area contributed by atoms with Gasteiger partial charge in [-0.1, -0.05) is 6.92 Å². The number of carbonyl (C=O) groups excluding carboxylic acids is 1. The van der Waals surface area contributed by atoms with Crippen molar-refractivity contribution in [2.24, 2.45) is 0 Å². The number of hydrogen-bond donors (Lipinski definition) is 2. The largest absolute Gasteiger partial charge is 0.418 e. The minimum absolute atomic E-state index is 0.000441. The molecule has 0 heterocycles. The summed E-state index contributed by atoms with van der Waals surface area (Å²) >= 11 is 0. The molecule has 0 spiro atoms. The van der Waals surface area contributed by atoms with Gasteiger partial charge in [0.2, 0.25) is 0 Å². The fraction of sp³-hybridized carbons (Fsp3) is 0.500. The van der Waals surface area contributed by atoms with Crippen LogP contribution in [0.3, 0.4) is 0 Å². The lowest BCUT2D eigenvalue weighted by molar-refractivity contribution is -0.136. The summed E-state index contributed by atoms with van der Waals surface area (Å²) in [4.78, 5) is 13.9. The van der Waals surface area contributed by atoms with Crippen LogP contribution in [0.25, 0.3) is 0 Å². The first-order chi connectivity index (χ1) is 9.79. The maximum absolute atomic E-state index is 12.9. The number of rotatable bonds is 6. The fourth-order valence-electron chi connectivity index (χ4n) is 1.76. The molecule has 4 nitrogen and oxygen atoms in total. The van der Waals surface area contributed by atoms with Gasteiger partial charge in [-0.15, -0.1) is 0 Å². The van der Waals surface area contributed by atoms with Crippen molar-refractivity contribution in [1.29, 1.82) is 0 Å². The zero-order valence-electron chi connectivity index (χ0n) is 12.3. The van der Waals surface area contributed by atoms with E-state index in [1.807, 2.05) is 18.9 Å². The SMILES string of the molecule is CCN(C)CCNC(=O)c1ccc(NC)c(C(F)(F)F)c1. The molecule has 0 fully saturated rings. The van der Waals surface area contributed by atoms with Gasteiger partial charge in [0, 0.05) is 31.4 Å². The molecular weight excluding hydrogens is 283 g/mol. The van der Waals surface area contributed by atoms with Gasteiger partial charge in [-0.05, 0) is 31.8 Å². The fourth-order valence-corrected chi connectivity index (χ4v) is 1.76. The average Bonchev–Trinajstić information content (AvgIpc) is 2.45. The first-order valence-corrected chi connectivity index (χ1v) is 6.65. The van der Waals surface area contributed by atoms with E-state index < -0.39 is 17.6 Å². The van der Waals surface area contributed by atoms with Crippen molar-refractivity contribution in [2.75, 3.05) is 39.0 Å². The summed E-state index contributed by atoms with van der Waals surface area (Å²) in [6.07, 6.45) is -4.50. The number of hydrogen-bond acceptors (Lipinski definition) is 3. The number of likely N-dealkylation sites (N-methyl/N-ethyl adjacent to an activating group) is 1. The van der Waals surface area contributed by atoms with Crippen LogP contribution < -0.4 is 10.6 Å². The van der Waals surface area contributed by atoms with Gasteiger partial charge in [-0.2, -0.15) is 13.2 Å². The highest BCUT2D eigenvalue weighted by atomic mass is 19.4. The normalized spacial score (nSPS) is 11.6. The van der Waals surface area contributed by atoms with E-state index in [0.29, 0.717) is 13.1 Å². The Labute approximate surface area is 122 Å². The second kappa shape index (κ2) is 7.31. The summed E-state index contributed by atoms with van der Waals surface area (Å²) in [5.41, 5.74) is -0.895. The van der Waals surface area contributed by atoms with Gasteiger partial charge in [-0.25, -0.2) is 0 Å². The predicted octanol–water partition coefficient (Wildman–Crippen LogP) is 2.43. The molecule has 0 unspecified atom stereocenters. The number of anilines is 1. The molecule has 7 heteroatoms. The Morgan fingerprint density at radius 2 is 2.00 bits per heavy atom. The Bertz CT molecular complexity index is 489. The number of amides is 1. The average molecular weight is 303 g/mol. The molecule has 2 N–H and O–H groups in total. The zero-order valence-corrected chi connectivity index (χ0v) is 12.3. The Morgan fingerprint density at radius 3 is 2.52 bits per heavy atom. The highest BCUT2D eigenvalue weighted by Crippen LogP contribution is 2.35. The van der Waals surface area contributed by atoms with E-state index in [9.17, 15) is 18.0 Å². The van der Waals surface area contributed by atoms with E-state index in [0.717, 1.165) is 12.6 Å². The maximum Gasteiger partial charge on any atom is 0.418 e. The Hall–Kier alpha value is -1.76. The van der Waals surface area contributed by atoms with Crippen LogP contribution in [0.5, 0.6) is 0 Å². The molecule has 1 amide bonds. The summed E-state index contributed by atoms with van der Waals surface area (Å²) in [5, 5.41) is 5.09. The molecule has 0 saturated heterocycles. The van der Waals surface area contributed by atoms with Crippen molar-refractivity contribution in [3.63, 3.8) is 0 Å². The first-order valence-electron chi connectivity index (χ1n) is 6.65. The van der Waals surface area contributed by atoms with Crippen LogP contribution in [0.15, 0.2) is 18.2 Å². The predicted molar refractivity (Wildman–Crippen MR) is 76.5 cm³/mol. The van der Waals surface area contributed by atoms with Gasteiger partial charge in [0.25, 0.3) is 5.91 Å². The second-order valence-corrected chi connectivity index (χ2v) is 4.66. The smallest absolute Gasteiger partial charge is 0.388 e. The molecule has 1 aromatic rings. The number of alkyl halides is 3. The molecule has 0 bridgehead atoms. The third-order valence-corrected chi connectivity index (χ3v) is 3.18. The van der Waals surface area contributed by atoms with Crippen molar-refractivity contribution < 1.29 is 18.0 Å². The van der Waals surface area contributed by atoms with Crippen LogP contribution in [-0.2, 0) is 6.18 Å². The molecule has 0 saturated carbocycles. The molecule has 1 aromatic carbocycles. The summed E-state index contributed by atoms with van der Waals surface area (Å²) in [6.45, 7) is 3.85. The topological polar surface area (TPSA) is 44.4 Å². The number of carbonyl (C=O) groups is 1. The highest BCUT2D eigenvalue weighted by Gasteiger charge is 2.34. The highest BCUT2D eigenvalue weighted by molar-refractivity contribution is 5.95. The summed E-state index contributed by atoms with van der Waals surface area (Å²) in [6, 6.07) is 3.50. The molecular formula is C14H20F3N3O. The van der Waals surface area contributed by atoms with Crippen LogP contribution in [0.1, 0.15) is 22.8 Å². The molecule has 0 aliphatic carbocycles. The van der Waals surface area contributed by atoms with Gasteiger partial charge in [0.05, 0.1) is 5.56 Å². The van der Waals surface area contributed by atoms with Crippen molar-refractivity contribution in [3.8, 4) is 0 Å². The summed E-state index contributed by atoms with van der Waals surface area (Å²) in [7, 11) is 3.31. The number of benzene rings is 1. The maximum atomic E-state index is 12.9. The van der Waals surface area contributed by atoms with Crippen LogP contribution in [0.4, 0.5) is 18.9 Å². The van der Waals surface area contributed by atoms with E-state index in [-0.39, 0.29) is 11.3 Å². The van der Waals surface area contributed by atoms with E-state index in [4.69, 9.17) is 0 Å². The lowest BCUT2D eigenvalue weighted by atomic mass is 10.1. The number of halogens is 3. The first kappa shape index (κ1) is 17.3. The Kier molecular flexibility index (Phi) is 6.02. The lowest BCUT2D eigenvalue weighted by Crippen LogP contribution is -2.33. The van der Waals surface area contributed by atoms with Gasteiger partial charge in [0.1, 0.15) is 0 Å². The Balaban J connectivity index is 2.82. The monoisotopic (exact) mass is 303 g/mol. The quantitative estimate of drug-likeness (QED) is 0.848. The standard InChI is InChI=1S/C14H20F3N3O/c1-4-20(3)8-7-19-13(21)10-5-6-12(18-2)11(9-10)14(15,16)17/h5-6,9,18H,4,7-8H2,1-3H3,(H,19,21). The van der Waals surface area contributed by atoms with E-state index in [2.05, 4.69) is 10.6 Å². The van der Waals surface area contributed by atoms with Gasteiger partial charge >= 0.3 is 6.18 Å². The van der Waals surface area contributed by atoms with E-state index in [1.54, 1.807) is 0 Å². The van der Waals surface area contributed by atoms with Crippen LogP contribution in [-0.4, -0.2) is 44.5 Å². The van der Waals surface area contributed by atoms with Crippen molar-refractivity contribution in [3.05, 3.63) is 29.3 Å². The van der Waals surface area contributed by atoms with Crippen LogP contribution >= 0.6 is 0 Å². The minimum Gasteiger partial charge on any atom is -0.388 e. The molecule has 0 aromatic heterocycles. The lowest BCUT2D eigenvalue weighted by Gasteiger charge is -2.16. The number of nitrogens with one attached hydrogen (secondary N) is 2. The summed E-state index contributed by atoms with van der Waals surface area (Å²) in [5.74, 6) is -0.507. The van der Waals surface area contributed by atoms with E-state index in [1.165, 1.54) is 19.2 Å². The van der Waals surface area contributed by atoms with Gasteiger partial charge < -0.3 is 15.5 Å². The molecule has 21 heavy (non-hydrogen) atoms. The molecule has 0 aliphatic rings. The molecule has 0 atom stereocenters. The van der Waals surface area contributed by atoms with Crippen LogP contribution in [0, 0.1) is 0 Å². The third kappa shape index (κ3) is 4.93. The van der Waals surface area contributed by atoms with Crippen molar-refractivity contribution >= 4 is 11.6 Å². The zero-order chi connectivity index (χ0) is 16.0.